The highest BCUT2D eigenvalue weighted by atomic mass is 16.5. The van der Waals surface area contributed by atoms with Crippen LogP contribution >= 0.6 is 0 Å². The van der Waals surface area contributed by atoms with Crippen molar-refractivity contribution < 1.29 is 9.05 Å². The maximum atomic E-state index is 5.58. The summed E-state index contributed by atoms with van der Waals surface area (Å²) in [4.78, 5) is 9.27. The summed E-state index contributed by atoms with van der Waals surface area (Å²) in [5, 5.41) is 12.4. The van der Waals surface area contributed by atoms with Crippen LogP contribution in [0.4, 0.5) is 0 Å². The van der Waals surface area contributed by atoms with Gasteiger partial charge in [-0.25, -0.2) is 4.98 Å². The first kappa shape index (κ1) is 16.2. The first-order chi connectivity index (χ1) is 12.1. The topological polar surface area (TPSA) is 89.9 Å². The van der Waals surface area contributed by atoms with E-state index in [1.807, 2.05) is 7.05 Å². The predicted octanol–water partition coefficient (Wildman–Crippen LogP) is 3.42. The molecule has 1 saturated carbocycles. The Bertz CT molecular complexity index is 894. The third-order valence-corrected chi connectivity index (χ3v) is 4.72. The van der Waals surface area contributed by atoms with E-state index in [0.29, 0.717) is 29.8 Å². The molecule has 7 nitrogen and oxygen atoms in total. The van der Waals surface area contributed by atoms with Crippen LogP contribution in [0.1, 0.15) is 62.7 Å². The summed E-state index contributed by atoms with van der Waals surface area (Å²) in [6.45, 7) is 6.26. The molecule has 1 aliphatic carbocycles. The van der Waals surface area contributed by atoms with Gasteiger partial charge in [-0.3, -0.25) is 0 Å². The maximum Gasteiger partial charge on any atom is 0.259 e. The molecule has 0 spiro atoms. The Morgan fingerprint density at radius 2 is 1.96 bits per heavy atom. The smallest absolute Gasteiger partial charge is 0.259 e. The number of hydrogen-bond donors (Lipinski definition) is 1. The van der Waals surface area contributed by atoms with Crippen LogP contribution < -0.4 is 5.32 Å². The number of pyridine rings is 1. The molecular formula is C18H23N5O2. The van der Waals surface area contributed by atoms with Gasteiger partial charge in [-0.2, -0.15) is 4.98 Å². The standard InChI is InChI=1S/C18H23N5O2/c1-9(2)16-15-12(17-21-14(22-24-17)7-10(3)19-4)8-13(11-5-6-11)20-18(15)25-23-16/h8-11,19H,5-7H2,1-4H3. The Labute approximate surface area is 146 Å². The molecule has 0 saturated heterocycles. The van der Waals surface area contributed by atoms with Crippen molar-refractivity contribution >= 4 is 11.1 Å². The number of hydrogen-bond acceptors (Lipinski definition) is 7. The van der Waals surface area contributed by atoms with Crippen LogP contribution in [0.3, 0.4) is 0 Å². The molecule has 0 radical (unpaired) electrons. The average Bonchev–Trinajstić information content (AvgIpc) is 3.19. The van der Waals surface area contributed by atoms with Crippen molar-refractivity contribution in [3.05, 3.63) is 23.3 Å². The van der Waals surface area contributed by atoms with Crippen molar-refractivity contribution in [2.75, 3.05) is 7.05 Å². The summed E-state index contributed by atoms with van der Waals surface area (Å²) in [5.41, 5.74) is 3.35. The van der Waals surface area contributed by atoms with E-state index in [1.54, 1.807) is 0 Å². The summed E-state index contributed by atoms with van der Waals surface area (Å²) >= 11 is 0. The fraction of sp³-hybridized carbons (Fsp3) is 0.556. The molecule has 1 N–H and O–H groups in total. The molecule has 0 bridgehead atoms. The first-order valence-electron chi connectivity index (χ1n) is 8.87. The molecule has 0 aromatic carbocycles. The highest BCUT2D eigenvalue weighted by Gasteiger charge is 2.29. The number of fused-ring (bicyclic) bond motifs is 1. The molecule has 4 rings (SSSR count). The van der Waals surface area contributed by atoms with Crippen molar-refractivity contribution in [2.45, 2.75) is 57.9 Å². The molecule has 7 heteroatoms. The summed E-state index contributed by atoms with van der Waals surface area (Å²) < 4.78 is 11.1. The van der Waals surface area contributed by atoms with Gasteiger partial charge in [-0.1, -0.05) is 24.2 Å². The van der Waals surface area contributed by atoms with E-state index in [9.17, 15) is 0 Å². The van der Waals surface area contributed by atoms with Gasteiger partial charge in [0.1, 0.15) is 0 Å². The SMILES string of the molecule is CNC(C)Cc1noc(-c2cc(C3CC3)nc3onc(C(C)C)c23)n1. The largest absolute Gasteiger partial charge is 0.335 e. The normalized spacial score (nSPS) is 16.0. The van der Waals surface area contributed by atoms with Crippen LogP contribution in [0.5, 0.6) is 0 Å². The minimum atomic E-state index is 0.222. The van der Waals surface area contributed by atoms with Crippen molar-refractivity contribution in [1.29, 1.82) is 0 Å². The van der Waals surface area contributed by atoms with Gasteiger partial charge in [-0.05, 0) is 38.8 Å². The number of rotatable bonds is 6. The molecule has 1 aliphatic rings. The molecule has 3 aromatic heterocycles. The van der Waals surface area contributed by atoms with E-state index < -0.39 is 0 Å². The lowest BCUT2D eigenvalue weighted by Gasteiger charge is -2.05. The summed E-state index contributed by atoms with van der Waals surface area (Å²) in [5.74, 6) is 1.93. The monoisotopic (exact) mass is 341 g/mol. The fourth-order valence-electron chi connectivity index (χ4n) is 2.97. The van der Waals surface area contributed by atoms with Gasteiger partial charge in [0.15, 0.2) is 5.82 Å². The van der Waals surface area contributed by atoms with Crippen molar-refractivity contribution in [2.24, 2.45) is 0 Å². The second-order valence-electron chi connectivity index (χ2n) is 7.18. The van der Waals surface area contributed by atoms with E-state index in [0.717, 1.165) is 35.2 Å². The lowest BCUT2D eigenvalue weighted by molar-refractivity contribution is 0.418. The van der Waals surface area contributed by atoms with Gasteiger partial charge in [0, 0.05) is 24.1 Å². The third kappa shape index (κ3) is 3.04. The van der Waals surface area contributed by atoms with Crippen LogP contribution in [0.15, 0.2) is 15.1 Å². The highest BCUT2D eigenvalue weighted by molar-refractivity contribution is 5.92. The first-order valence-corrected chi connectivity index (χ1v) is 8.87. The lowest BCUT2D eigenvalue weighted by atomic mass is 10.0. The predicted molar refractivity (Wildman–Crippen MR) is 93.4 cm³/mol. The molecule has 1 atom stereocenters. The molecule has 1 fully saturated rings. The molecular weight excluding hydrogens is 318 g/mol. The Balaban J connectivity index is 1.82. The van der Waals surface area contributed by atoms with Gasteiger partial charge in [0.2, 0.25) is 0 Å². The summed E-state index contributed by atoms with van der Waals surface area (Å²) in [7, 11) is 1.92. The molecule has 3 heterocycles. The Morgan fingerprint density at radius 3 is 2.64 bits per heavy atom. The molecule has 3 aromatic rings. The maximum absolute atomic E-state index is 5.58. The zero-order valence-corrected chi connectivity index (χ0v) is 15.0. The second-order valence-corrected chi connectivity index (χ2v) is 7.18. The van der Waals surface area contributed by atoms with Gasteiger partial charge in [-0.15, -0.1) is 0 Å². The van der Waals surface area contributed by atoms with Crippen LogP contribution in [0, 0.1) is 0 Å². The number of nitrogens with one attached hydrogen (secondary N) is 1. The quantitative estimate of drug-likeness (QED) is 0.734. The lowest BCUT2D eigenvalue weighted by Crippen LogP contribution is -2.24. The van der Waals surface area contributed by atoms with Crippen molar-refractivity contribution in [3.63, 3.8) is 0 Å². The molecule has 132 valence electrons. The van der Waals surface area contributed by atoms with Gasteiger partial charge >= 0.3 is 0 Å². The Kier molecular flexibility index (Phi) is 4.03. The highest BCUT2D eigenvalue weighted by Crippen LogP contribution is 2.42. The Hall–Kier alpha value is -2.28. The molecule has 1 unspecified atom stereocenters. The van der Waals surface area contributed by atoms with Crippen LogP contribution in [0.25, 0.3) is 22.6 Å². The molecule has 0 aliphatic heterocycles. The van der Waals surface area contributed by atoms with E-state index in [-0.39, 0.29) is 12.0 Å². The minimum absolute atomic E-state index is 0.222. The van der Waals surface area contributed by atoms with E-state index in [4.69, 9.17) is 9.05 Å². The van der Waals surface area contributed by atoms with Crippen LogP contribution in [-0.2, 0) is 6.42 Å². The number of aromatic nitrogens is 4. The van der Waals surface area contributed by atoms with E-state index in [2.05, 4.69) is 52.4 Å². The minimum Gasteiger partial charge on any atom is -0.335 e. The third-order valence-electron chi connectivity index (χ3n) is 4.72. The van der Waals surface area contributed by atoms with Gasteiger partial charge < -0.3 is 14.4 Å². The van der Waals surface area contributed by atoms with Crippen molar-refractivity contribution in [3.8, 4) is 11.5 Å². The van der Waals surface area contributed by atoms with Crippen LogP contribution in [-0.4, -0.2) is 33.4 Å². The van der Waals surface area contributed by atoms with E-state index >= 15 is 0 Å². The van der Waals surface area contributed by atoms with Crippen LogP contribution in [0.2, 0.25) is 0 Å². The summed E-state index contributed by atoms with van der Waals surface area (Å²) in [6.07, 6.45) is 3.04. The van der Waals surface area contributed by atoms with Gasteiger partial charge in [0.05, 0.1) is 16.6 Å². The molecule has 25 heavy (non-hydrogen) atoms. The zero-order valence-electron chi connectivity index (χ0n) is 15.0. The Morgan fingerprint density at radius 1 is 1.16 bits per heavy atom. The fourth-order valence-corrected chi connectivity index (χ4v) is 2.97. The zero-order chi connectivity index (χ0) is 17.6. The van der Waals surface area contributed by atoms with Gasteiger partial charge in [0.25, 0.3) is 11.6 Å². The number of likely N-dealkylation sites (N-methyl/N-ethyl adjacent to an activating group) is 1. The number of nitrogens with zero attached hydrogens (tertiary/aromatic N) is 4. The second kappa shape index (κ2) is 6.22. The van der Waals surface area contributed by atoms with Crippen molar-refractivity contribution in [1.82, 2.24) is 25.6 Å². The average molecular weight is 341 g/mol. The summed E-state index contributed by atoms with van der Waals surface area (Å²) in [6, 6.07) is 2.36. The molecule has 0 amide bonds. The van der Waals surface area contributed by atoms with E-state index in [1.165, 1.54) is 0 Å².